The van der Waals surface area contributed by atoms with Crippen LogP contribution in [0.4, 0.5) is 0 Å². The molecule has 0 fully saturated rings. The molecular weight excluding hydrogens is 232 g/mol. The summed E-state index contributed by atoms with van der Waals surface area (Å²) in [6, 6.07) is 9.64. The summed E-state index contributed by atoms with van der Waals surface area (Å²) in [6.07, 6.45) is 1.91. The highest BCUT2D eigenvalue weighted by atomic mass is 35.5. The average Bonchev–Trinajstić information content (AvgIpc) is 2.81. The van der Waals surface area contributed by atoms with Crippen LogP contribution in [0.5, 0.6) is 0 Å². The van der Waals surface area contributed by atoms with Crippen molar-refractivity contribution in [3.63, 3.8) is 0 Å². The van der Waals surface area contributed by atoms with Crippen LogP contribution in [-0.4, -0.2) is 9.78 Å². The van der Waals surface area contributed by atoms with Gasteiger partial charge in [-0.3, -0.25) is 4.68 Å². The SMILES string of the molecule is CC.CC.Cn1ccc(-c2cccc(Cl)c2)n1. The van der Waals surface area contributed by atoms with Gasteiger partial charge in [-0.2, -0.15) is 5.10 Å². The topological polar surface area (TPSA) is 17.8 Å². The second-order valence-electron chi connectivity index (χ2n) is 2.88. The molecule has 17 heavy (non-hydrogen) atoms. The average molecular weight is 253 g/mol. The summed E-state index contributed by atoms with van der Waals surface area (Å²) >= 11 is 5.87. The second kappa shape index (κ2) is 8.82. The van der Waals surface area contributed by atoms with Gasteiger partial charge in [0.25, 0.3) is 0 Å². The van der Waals surface area contributed by atoms with E-state index in [4.69, 9.17) is 11.6 Å². The molecule has 0 radical (unpaired) electrons. The van der Waals surface area contributed by atoms with Gasteiger partial charge in [0.05, 0.1) is 5.69 Å². The van der Waals surface area contributed by atoms with E-state index in [0.29, 0.717) is 0 Å². The van der Waals surface area contributed by atoms with E-state index in [1.165, 1.54) is 0 Å². The van der Waals surface area contributed by atoms with Crippen LogP contribution in [0.1, 0.15) is 27.7 Å². The van der Waals surface area contributed by atoms with Crippen molar-refractivity contribution >= 4 is 11.6 Å². The molecule has 0 saturated heterocycles. The molecule has 0 atom stereocenters. The molecule has 0 spiro atoms. The molecule has 2 nitrogen and oxygen atoms in total. The van der Waals surface area contributed by atoms with Crippen LogP contribution in [0, 0.1) is 0 Å². The van der Waals surface area contributed by atoms with Gasteiger partial charge in [-0.1, -0.05) is 51.4 Å². The zero-order valence-corrected chi connectivity index (χ0v) is 12.0. The number of aromatic nitrogens is 2. The number of nitrogens with zero attached hydrogens (tertiary/aromatic N) is 2. The van der Waals surface area contributed by atoms with Crippen LogP contribution in [0.2, 0.25) is 5.02 Å². The van der Waals surface area contributed by atoms with Crippen molar-refractivity contribution in [2.24, 2.45) is 7.05 Å². The molecule has 0 amide bonds. The van der Waals surface area contributed by atoms with Gasteiger partial charge in [0.1, 0.15) is 0 Å². The molecule has 0 bridgehead atoms. The maximum absolute atomic E-state index is 5.87. The first-order valence-corrected chi connectivity index (χ1v) is 6.39. The lowest BCUT2D eigenvalue weighted by Crippen LogP contribution is -1.87. The third kappa shape index (κ3) is 5.05. The van der Waals surface area contributed by atoms with Gasteiger partial charge in [-0.25, -0.2) is 0 Å². The first-order valence-electron chi connectivity index (χ1n) is 6.01. The molecule has 2 rings (SSSR count). The lowest BCUT2D eigenvalue weighted by Gasteiger charge is -1.96. The Kier molecular flexibility index (Phi) is 8.16. The van der Waals surface area contributed by atoms with Crippen LogP contribution in [0.3, 0.4) is 0 Å². The lowest BCUT2D eigenvalue weighted by atomic mass is 10.2. The van der Waals surface area contributed by atoms with E-state index in [-0.39, 0.29) is 0 Å². The van der Waals surface area contributed by atoms with E-state index in [0.717, 1.165) is 16.3 Å². The normalized spacial score (nSPS) is 8.59. The third-order valence-electron chi connectivity index (χ3n) is 1.83. The minimum atomic E-state index is 0.739. The van der Waals surface area contributed by atoms with Crippen molar-refractivity contribution in [3.8, 4) is 11.3 Å². The minimum absolute atomic E-state index is 0.739. The second-order valence-corrected chi connectivity index (χ2v) is 3.32. The summed E-state index contributed by atoms with van der Waals surface area (Å²) in [7, 11) is 1.90. The number of hydrogen-bond acceptors (Lipinski definition) is 1. The third-order valence-corrected chi connectivity index (χ3v) is 2.07. The first-order chi connectivity index (χ1) is 8.25. The predicted octanol–water partition coefficient (Wildman–Crippen LogP) is 4.79. The Morgan fingerprint density at radius 3 is 2.18 bits per heavy atom. The van der Waals surface area contributed by atoms with Gasteiger partial charge in [-0.05, 0) is 18.2 Å². The van der Waals surface area contributed by atoms with Crippen LogP contribution < -0.4 is 0 Å². The Balaban J connectivity index is 0.000000581. The largest absolute Gasteiger partial charge is 0.275 e. The molecule has 1 aromatic carbocycles. The van der Waals surface area contributed by atoms with Gasteiger partial charge < -0.3 is 0 Å². The number of rotatable bonds is 1. The molecule has 94 valence electrons. The van der Waals surface area contributed by atoms with E-state index in [2.05, 4.69) is 5.10 Å². The maximum Gasteiger partial charge on any atom is 0.0923 e. The predicted molar refractivity (Wildman–Crippen MR) is 76.4 cm³/mol. The van der Waals surface area contributed by atoms with Gasteiger partial charge >= 0.3 is 0 Å². The highest BCUT2D eigenvalue weighted by molar-refractivity contribution is 6.30. The number of halogens is 1. The Labute approximate surface area is 109 Å². The Bertz CT molecular complexity index is 422. The van der Waals surface area contributed by atoms with E-state index in [9.17, 15) is 0 Å². The Morgan fingerprint density at radius 2 is 1.71 bits per heavy atom. The first kappa shape index (κ1) is 15.7. The van der Waals surface area contributed by atoms with Gasteiger partial charge in [-0.15, -0.1) is 0 Å². The standard InChI is InChI=1S/C10H9ClN2.2C2H6/c1-13-6-5-10(12-13)8-3-2-4-9(11)7-8;2*1-2/h2-7H,1H3;2*1-2H3. The summed E-state index contributed by atoms with van der Waals surface area (Å²) in [5.74, 6) is 0. The van der Waals surface area contributed by atoms with Crippen molar-refractivity contribution in [2.75, 3.05) is 0 Å². The minimum Gasteiger partial charge on any atom is -0.275 e. The molecule has 0 saturated carbocycles. The van der Waals surface area contributed by atoms with Crippen LogP contribution >= 0.6 is 11.6 Å². The zero-order valence-electron chi connectivity index (χ0n) is 11.2. The van der Waals surface area contributed by atoms with Crippen molar-refractivity contribution < 1.29 is 0 Å². The Hall–Kier alpha value is -1.28. The quantitative estimate of drug-likeness (QED) is 0.713. The van der Waals surface area contributed by atoms with Crippen LogP contribution in [-0.2, 0) is 7.05 Å². The molecule has 3 heteroatoms. The molecular formula is C14H21ClN2. The van der Waals surface area contributed by atoms with E-state index in [1.54, 1.807) is 4.68 Å². The number of benzene rings is 1. The smallest absolute Gasteiger partial charge is 0.0923 e. The molecule has 0 aliphatic carbocycles. The van der Waals surface area contributed by atoms with E-state index < -0.39 is 0 Å². The number of aryl methyl sites for hydroxylation is 1. The summed E-state index contributed by atoms with van der Waals surface area (Å²) in [4.78, 5) is 0. The monoisotopic (exact) mass is 252 g/mol. The van der Waals surface area contributed by atoms with E-state index >= 15 is 0 Å². The maximum atomic E-state index is 5.87. The molecule has 0 unspecified atom stereocenters. The summed E-state index contributed by atoms with van der Waals surface area (Å²) in [5, 5.41) is 5.02. The van der Waals surface area contributed by atoms with Gasteiger partial charge in [0.15, 0.2) is 0 Å². The fourth-order valence-electron chi connectivity index (χ4n) is 1.22. The fraction of sp³-hybridized carbons (Fsp3) is 0.357. The summed E-state index contributed by atoms with van der Waals surface area (Å²) < 4.78 is 1.77. The molecule has 0 N–H and O–H groups in total. The molecule has 0 aliphatic heterocycles. The zero-order chi connectivity index (χ0) is 13.3. The summed E-state index contributed by atoms with van der Waals surface area (Å²) in [6.45, 7) is 8.00. The highest BCUT2D eigenvalue weighted by Crippen LogP contribution is 2.20. The summed E-state index contributed by atoms with van der Waals surface area (Å²) in [5.41, 5.74) is 2.00. The van der Waals surface area contributed by atoms with Gasteiger partial charge in [0.2, 0.25) is 0 Å². The Morgan fingerprint density at radius 1 is 1.06 bits per heavy atom. The van der Waals surface area contributed by atoms with Crippen LogP contribution in [0.15, 0.2) is 36.5 Å². The van der Waals surface area contributed by atoms with Crippen molar-refractivity contribution in [3.05, 3.63) is 41.6 Å². The molecule has 0 aliphatic rings. The van der Waals surface area contributed by atoms with Crippen molar-refractivity contribution in [1.82, 2.24) is 9.78 Å². The van der Waals surface area contributed by atoms with Crippen molar-refractivity contribution in [1.29, 1.82) is 0 Å². The van der Waals surface area contributed by atoms with Crippen LogP contribution in [0.25, 0.3) is 11.3 Å². The van der Waals surface area contributed by atoms with E-state index in [1.807, 2.05) is 71.3 Å². The number of hydrogen-bond donors (Lipinski definition) is 0. The lowest BCUT2D eigenvalue weighted by molar-refractivity contribution is 0.771. The molecule has 1 heterocycles. The fourth-order valence-corrected chi connectivity index (χ4v) is 1.41. The molecule has 1 aromatic heterocycles. The molecule has 2 aromatic rings. The van der Waals surface area contributed by atoms with Gasteiger partial charge in [0, 0.05) is 23.8 Å². The highest BCUT2D eigenvalue weighted by Gasteiger charge is 2.00. The van der Waals surface area contributed by atoms with Crippen molar-refractivity contribution in [2.45, 2.75) is 27.7 Å².